The Labute approximate surface area is 186 Å². The van der Waals surface area contributed by atoms with E-state index in [-0.39, 0.29) is 24.0 Å². The second-order valence-corrected chi connectivity index (χ2v) is 7.43. The second kappa shape index (κ2) is 12.5. The lowest BCUT2D eigenvalue weighted by Crippen LogP contribution is -2.43. The predicted molar refractivity (Wildman–Crippen MR) is 125 cm³/mol. The van der Waals surface area contributed by atoms with Crippen LogP contribution in [0.4, 0.5) is 0 Å². The van der Waals surface area contributed by atoms with Gasteiger partial charge in [0.15, 0.2) is 5.96 Å². The normalized spacial score (nSPS) is 18.4. The highest BCUT2D eigenvalue weighted by atomic mass is 127. The van der Waals surface area contributed by atoms with Gasteiger partial charge >= 0.3 is 0 Å². The van der Waals surface area contributed by atoms with Crippen LogP contribution >= 0.6 is 24.0 Å². The zero-order valence-corrected chi connectivity index (χ0v) is 19.5. The summed E-state index contributed by atoms with van der Waals surface area (Å²) in [6.07, 6.45) is 5.22. The molecule has 158 valence electrons. The fourth-order valence-corrected chi connectivity index (χ4v) is 3.53. The van der Waals surface area contributed by atoms with E-state index in [0.29, 0.717) is 6.04 Å². The van der Waals surface area contributed by atoms with Crippen molar-refractivity contribution in [3.05, 3.63) is 29.8 Å². The molecule has 1 saturated heterocycles. The molecule has 7 heteroatoms. The SMILES string of the molecule is CN=C(NCCOCC1CC1)NCC(c1ccc(OC)cc1)N1CCCC1.I. The molecule has 1 aromatic rings. The number of nitrogens with one attached hydrogen (secondary N) is 2. The van der Waals surface area contributed by atoms with E-state index < -0.39 is 0 Å². The molecule has 2 N–H and O–H groups in total. The Hall–Kier alpha value is -1.06. The minimum Gasteiger partial charge on any atom is -0.497 e. The lowest BCUT2D eigenvalue weighted by Gasteiger charge is -2.29. The minimum atomic E-state index is 0. The van der Waals surface area contributed by atoms with Crippen LogP contribution in [0.25, 0.3) is 0 Å². The molecular weight excluding hydrogens is 467 g/mol. The molecule has 0 amide bonds. The number of rotatable bonds is 10. The number of hydrogen-bond donors (Lipinski definition) is 2. The van der Waals surface area contributed by atoms with Crippen molar-refractivity contribution in [1.29, 1.82) is 0 Å². The van der Waals surface area contributed by atoms with Crippen LogP contribution in [0, 0.1) is 5.92 Å². The van der Waals surface area contributed by atoms with Gasteiger partial charge in [-0.15, -0.1) is 24.0 Å². The van der Waals surface area contributed by atoms with Crippen LogP contribution in [-0.4, -0.2) is 64.4 Å². The van der Waals surface area contributed by atoms with Gasteiger partial charge in [-0.25, -0.2) is 0 Å². The van der Waals surface area contributed by atoms with E-state index >= 15 is 0 Å². The highest BCUT2D eigenvalue weighted by Gasteiger charge is 2.24. The smallest absolute Gasteiger partial charge is 0.191 e. The van der Waals surface area contributed by atoms with E-state index in [1.807, 2.05) is 19.2 Å². The number of aliphatic imine (C=N–C) groups is 1. The van der Waals surface area contributed by atoms with Gasteiger partial charge in [-0.2, -0.15) is 0 Å². The van der Waals surface area contributed by atoms with Crippen molar-refractivity contribution in [2.24, 2.45) is 10.9 Å². The monoisotopic (exact) mass is 502 g/mol. The average Bonchev–Trinajstić information content (AvgIpc) is 3.38. The zero-order chi connectivity index (χ0) is 18.9. The third kappa shape index (κ3) is 7.40. The number of nitrogens with zero attached hydrogens (tertiary/aromatic N) is 2. The number of guanidine groups is 1. The van der Waals surface area contributed by atoms with Gasteiger partial charge in [0.05, 0.1) is 19.8 Å². The lowest BCUT2D eigenvalue weighted by molar-refractivity contribution is 0.129. The summed E-state index contributed by atoms with van der Waals surface area (Å²) in [6.45, 7) is 5.55. The maximum absolute atomic E-state index is 5.69. The fourth-order valence-electron chi connectivity index (χ4n) is 3.53. The lowest BCUT2D eigenvalue weighted by atomic mass is 10.1. The minimum absolute atomic E-state index is 0. The summed E-state index contributed by atoms with van der Waals surface area (Å²) in [7, 11) is 3.52. The Kier molecular flexibility index (Phi) is 10.4. The molecule has 1 aliphatic carbocycles. The number of benzene rings is 1. The Morgan fingerprint density at radius 1 is 1.18 bits per heavy atom. The Balaban J connectivity index is 0.00000280. The highest BCUT2D eigenvalue weighted by molar-refractivity contribution is 14.0. The first-order valence-corrected chi connectivity index (χ1v) is 10.2. The standard InChI is InChI=1S/C21H34N4O2.HI/c1-22-21(23-11-14-27-16-17-5-6-17)24-15-20(25-12-3-4-13-25)18-7-9-19(26-2)10-8-18;/h7-10,17,20H,3-6,11-16H2,1-2H3,(H2,22,23,24);1H. The molecule has 1 heterocycles. The van der Waals surface area contributed by atoms with E-state index in [4.69, 9.17) is 9.47 Å². The third-order valence-corrected chi connectivity index (χ3v) is 5.36. The van der Waals surface area contributed by atoms with Gasteiger partial charge in [0, 0.05) is 26.7 Å². The molecule has 1 aromatic carbocycles. The Bertz CT molecular complexity index is 587. The topological polar surface area (TPSA) is 58.1 Å². The molecule has 0 bridgehead atoms. The molecule has 0 radical (unpaired) electrons. The number of hydrogen-bond acceptors (Lipinski definition) is 4. The zero-order valence-electron chi connectivity index (χ0n) is 17.2. The largest absolute Gasteiger partial charge is 0.497 e. The summed E-state index contributed by atoms with van der Waals surface area (Å²) in [4.78, 5) is 6.91. The van der Waals surface area contributed by atoms with E-state index in [0.717, 1.165) is 57.0 Å². The van der Waals surface area contributed by atoms with E-state index in [1.165, 1.54) is 31.2 Å². The summed E-state index contributed by atoms with van der Waals surface area (Å²) in [6, 6.07) is 8.77. The quantitative estimate of drug-likeness (QED) is 0.223. The van der Waals surface area contributed by atoms with E-state index in [2.05, 4.69) is 32.7 Å². The van der Waals surface area contributed by atoms with Crippen LogP contribution in [0.3, 0.4) is 0 Å². The van der Waals surface area contributed by atoms with Crippen molar-refractivity contribution in [2.45, 2.75) is 31.7 Å². The van der Waals surface area contributed by atoms with Crippen molar-refractivity contribution < 1.29 is 9.47 Å². The fraction of sp³-hybridized carbons (Fsp3) is 0.667. The van der Waals surface area contributed by atoms with Gasteiger partial charge in [-0.1, -0.05) is 12.1 Å². The van der Waals surface area contributed by atoms with Crippen LogP contribution in [0.2, 0.25) is 0 Å². The summed E-state index contributed by atoms with van der Waals surface area (Å²) >= 11 is 0. The first-order valence-electron chi connectivity index (χ1n) is 10.2. The van der Waals surface area contributed by atoms with Crippen LogP contribution < -0.4 is 15.4 Å². The molecule has 2 fully saturated rings. The van der Waals surface area contributed by atoms with Crippen molar-refractivity contribution in [3.63, 3.8) is 0 Å². The van der Waals surface area contributed by atoms with Gasteiger partial charge in [-0.3, -0.25) is 9.89 Å². The summed E-state index contributed by atoms with van der Waals surface area (Å²) in [5.74, 6) is 2.55. The molecule has 0 spiro atoms. The molecule has 3 rings (SSSR count). The first kappa shape index (κ1) is 23.2. The molecule has 1 aliphatic heterocycles. The Morgan fingerprint density at radius 3 is 2.50 bits per heavy atom. The molecular formula is C21H35IN4O2. The van der Waals surface area contributed by atoms with E-state index in [9.17, 15) is 0 Å². The maximum Gasteiger partial charge on any atom is 0.191 e. The van der Waals surface area contributed by atoms with Crippen LogP contribution in [0.1, 0.15) is 37.3 Å². The van der Waals surface area contributed by atoms with Crippen LogP contribution in [-0.2, 0) is 4.74 Å². The van der Waals surface area contributed by atoms with Gasteiger partial charge in [-0.05, 0) is 62.4 Å². The van der Waals surface area contributed by atoms with Crippen LogP contribution in [0.5, 0.6) is 5.75 Å². The highest BCUT2D eigenvalue weighted by Crippen LogP contribution is 2.28. The van der Waals surface area contributed by atoms with Gasteiger partial charge in [0.2, 0.25) is 0 Å². The first-order chi connectivity index (χ1) is 13.3. The molecule has 1 saturated carbocycles. The van der Waals surface area contributed by atoms with E-state index in [1.54, 1.807) is 7.11 Å². The summed E-state index contributed by atoms with van der Waals surface area (Å²) in [5.41, 5.74) is 1.31. The van der Waals surface area contributed by atoms with Crippen molar-refractivity contribution in [1.82, 2.24) is 15.5 Å². The number of likely N-dealkylation sites (tertiary alicyclic amines) is 1. The molecule has 28 heavy (non-hydrogen) atoms. The Morgan fingerprint density at radius 2 is 1.89 bits per heavy atom. The number of ether oxygens (including phenoxy) is 2. The van der Waals surface area contributed by atoms with Crippen molar-refractivity contribution in [2.75, 3.05) is 53.6 Å². The molecule has 0 aromatic heterocycles. The number of halogens is 1. The maximum atomic E-state index is 5.69. The van der Waals surface area contributed by atoms with Crippen molar-refractivity contribution in [3.8, 4) is 5.75 Å². The van der Waals surface area contributed by atoms with Crippen LogP contribution in [0.15, 0.2) is 29.3 Å². The second-order valence-electron chi connectivity index (χ2n) is 7.43. The summed E-state index contributed by atoms with van der Waals surface area (Å²) in [5, 5.41) is 6.85. The van der Waals surface area contributed by atoms with Gasteiger partial charge in [0.25, 0.3) is 0 Å². The van der Waals surface area contributed by atoms with Gasteiger partial charge < -0.3 is 20.1 Å². The molecule has 2 aliphatic rings. The molecule has 6 nitrogen and oxygen atoms in total. The molecule has 1 unspecified atom stereocenters. The average molecular weight is 502 g/mol. The molecule has 1 atom stereocenters. The third-order valence-electron chi connectivity index (χ3n) is 5.36. The predicted octanol–water partition coefficient (Wildman–Crippen LogP) is 3.04. The van der Waals surface area contributed by atoms with Gasteiger partial charge in [0.1, 0.15) is 5.75 Å². The van der Waals surface area contributed by atoms with Crippen molar-refractivity contribution >= 4 is 29.9 Å². The number of methoxy groups -OCH3 is 1. The summed E-state index contributed by atoms with van der Waals surface area (Å²) < 4.78 is 11.0.